The van der Waals surface area contributed by atoms with Gasteiger partial charge in [0.2, 0.25) is 11.8 Å². The first-order chi connectivity index (χ1) is 8.41. The molecule has 5 nitrogen and oxygen atoms in total. The fourth-order valence-corrected chi connectivity index (χ4v) is 1.78. The van der Waals surface area contributed by atoms with Crippen LogP contribution in [0.2, 0.25) is 0 Å². The highest BCUT2D eigenvalue weighted by molar-refractivity contribution is 5.87. The number of carbonyl (C=O) groups excluding carboxylic acids is 2. The van der Waals surface area contributed by atoms with Crippen LogP contribution in [0.4, 0.5) is 0 Å². The van der Waals surface area contributed by atoms with Crippen molar-refractivity contribution in [1.29, 1.82) is 0 Å². The molecule has 1 aromatic rings. The van der Waals surface area contributed by atoms with Gasteiger partial charge in [0.25, 0.3) is 0 Å². The van der Waals surface area contributed by atoms with Gasteiger partial charge >= 0.3 is 0 Å². The Labute approximate surface area is 107 Å². The smallest absolute Gasteiger partial charge is 0.237 e. The van der Waals surface area contributed by atoms with Crippen molar-refractivity contribution in [3.05, 3.63) is 35.4 Å². The number of primary amides is 1. The number of rotatable bonds is 5. The van der Waals surface area contributed by atoms with E-state index in [1.165, 1.54) is 0 Å². The number of benzene rings is 1. The van der Waals surface area contributed by atoms with Gasteiger partial charge in [-0.1, -0.05) is 24.3 Å². The molecule has 1 rings (SSSR count). The summed E-state index contributed by atoms with van der Waals surface area (Å²) in [5.41, 5.74) is 12.7. The fraction of sp³-hybridized carbons (Fsp3) is 0.385. The molecule has 5 N–H and O–H groups in total. The number of aryl methyl sites for hydroxylation is 1. The fourth-order valence-electron chi connectivity index (χ4n) is 1.78. The second-order valence-corrected chi connectivity index (χ2v) is 4.36. The summed E-state index contributed by atoms with van der Waals surface area (Å²) in [4.78, 5) is 22.4. The molecule has 0 aliphatic carbocycles. The van der Waals surface area contributed by atoms with Crippen LogP contribution >= 0.6 is 0 Å². The minimum absolute atomic E-state index is 0.147. The van der Waals surface area contributed by atoms with E-state index in [9.17, 15) is 9.59 Å². The molecule has 0 bridgehead atoms. The van der Waals surface area contributed by atoms with Crippen molar-refractivity contribution in [3.63, 3.8) is 0 Å². The quantitative estimate of drug-likeness (QED) is 0.703. The third-order valence-electron chi connectivity index (χ3n) is 2.77. The molecule has 2 atom stereocenters. The van der Waals surface area contributed by atoms with Gasteiger partial charge in [0, 0.05) is 0 Å². The number of carbonyl (C=O) groups is 2. The summed E-state index contributed by atoms with van der Waals surface area (Å²) in [5, 5.41) is 2.77. The normalized spacial score (nSPS) is 13.7. The van der Waals surface area contributed by atoms with Crippen LogP contribution in [0, 0.1) is 6.92 Å². The molecule has 0 aliphatic rings. The van der Waals surface area contributed by atoms with Gasteiger partial charge in [-0.3, -0.25) is 9.59 Å². The Morgan fingerprint density at radius 1 is 1.33 bits per heavy atom. The molecule has 0 heterocycles. The van der Waals surface area contributed by atoms with E-state index in [4.69, 9.17) is 11.5 Å². The molecule has 98 valence electrons. The second kappa shape index (κ2) is 6.16. The van der Waals surface area contributed by atoms with Crippen LogP contribution in [0.5, 0.6) is 0 Å². The summed E-state index contributed by atoms with van der Waals surface area (Å²) in [6.45, 7) is 3.85. The average Bonchev–Trinajstić information content (AvgIpc) is 2.28. The molecule has 0 radical (unpaired) electrons. The minimum Gasteiger partial charge on any atom is -0.370 e. The summed E-state index contributed by atoms with van der Waals surface area (Å²) < 4.78 is 0. The van der Waals surface area contributed by atoms with Crippen LogP contribution in [0.1, 0.15) is 30.5 Å². The van der Waals surface area contributed by atoms with E-state index < -0.39 is 11.9 Å². The highest BCUT2D eigenvalue weighted by Crippen LogP contribution is 2.16. The Balaban J connectivity index is 2.65. The highest BCUT2D eigenvalue weighted by Gasteiger charge is 2.18. The predicted octanol–water partition coefficient (Wildman–Crippen LogP) is 0.375. The highest BCUT2D eigenvalue weighted by atomic mass is 16.2. The molecule has 2 amide bonds. The van der Waals surface area contributed by atoms with Gasteiger partial charge in [0.1, 0.15) is 0 Å². The topological polar surface area (TPSA) is 98.2 Å². The first-order valence-electron chi connectivity index (χ1n) is 5.81. The molecule has 1 aromatic carbocycles. The molecule has 5 heteroatoms. The van der Waals surface area contributed by atoms with Gasteiger partial charge < -0.3 is 16.8 Å². The SMILES string of the molecule is Cc1ccccc1[C@H](C)NC(=O)C(N)CC(N)=O. The van der Waals surface area contributed by atoms with Crippen molar-refractivity contribution in [2.75, 3.05) is 0 Å². The molecule has 0 spiro atoms. The van der Waals surface area contributed by atoms with E-state index in [1.54, 1.807) is 0 Å². The van der Waals surface area contributed by atoms with Gasteiger partial charge in [-0.25, -0.2) is 0 Å². The third kappa shape index (κ3) is 3.85. The monoisotopic (exact) mass is 249 g/mol. The summed E-state index contributed by atoms with van der Waals surface area (Å²) in [5.74, 6) is -0.953. The van der Waals surface area contributed by atoms with E-state index in [1.807, 2.05) is 38.1 Å². The van der Waals surface area contributed by atoms with Crippen LogP contribution in [-0.2, 0) is 9.59 Å². The molecule has 0 saturated heterocycles. The summed E-state index contributed by atoms with van der Waals surface area (Å²) in [6, 6.07) is 6.72. The number of hydrogen-bond acceptors (Lipinski definition) is 3. The van der Waals surface area contributed by atoms with Gasteiger partial charge in [-0.05, 0) is 25.0 Å². The predicted molar refractivity (Wildman–Crippen MR) is 69.5 cm³/mol. The second-order valence-electron chi connectivity index (χ2n) is 4.36. The molecule has 18 heavy (non-hydrogen) atoms. The zero-order valence-corrected chi connectivity index (χ0v) is 10.6. The Morgan fingerprint density at radius 2 is 1.94 bits per heavy atom. The van der Waals surface area contributed by atoms with Crippen LogP contribution in [0.3, 0.4) is 0 Å². The van der Waals surface area contributed by atoms with Gasteiger partial charge in [0.15, 0.2) is 0 Å². The van der Waals surface area contributed by atoms with Gasteiger partial charge in [0.05, 0.1) is 18.5 Å². The standard InChI is InChI=1S/C13H19N3O2/c1-8-5-3-4-6-10(8)9(2)16-13(18)11(14)7-12(15)17/h3-6,9,11H,7,14H2,1-2H3,(H2,15,17)(H,16,18)/t9-,11?/m0/s1. The maximum absolute atomic E-state index is 11.7. The van der Waals surface area contributed by atoms with E-state index in [-0.39, 0.29) is 18.4 Å². The molecular formula is C13H19N3O2. The first kappa shape index (κ1) is 14.2. The van der Waals surface area contributed by atoms with E-state index in [0.717, 1.165) is 11.1 Å². The van der Waals surface area contributed by atoms with Crippen LogP contribution in [0.25, 0.3) is 0 Å². The molecule has 1 unspecified atom stereocenters. The maximum atomic E-state index is 11.7. The van der Waals surface area contributed by atoms with E-state index in [2.05, 4.69) is 5.32 Å². The third-order valence-corrected chi connectivity index (χ3v) is 2.77. The molecule has 0 aromatic heterocycles. The lowest BCUT2D eigenvalue weighted by molar-refractivity contribution is -0.126. The summed E-state index contributed by atoms with van der Waals surface area (Å²) >= 11 is 0. The Morgan fingerprint density at radius 3 is 2.50 bits per heavy atom. The van der Waals surface area contributed by atoms with E-state index in [0.29, 0.717) is 0 Å². The number of amides is 2. The van der Waals surface area contributed by atoms with Crippen molar-refractivity contribution >= 4 is 11.8 Å². The molecule has 0 saturated carbocycles. The zero-order valence-electron chi connectivity index (χ0n) is 10.6. The Bertz CT molecular complexity index is 446. The number of nitrogens with two attached hydrogens (primary N) is 2. The summed E-state index contributed by atoms with van der Waals surface area (Å²) in [6.07, 6.45) is -0.147. The van der Waals surface area contributed by atoms with Crippen LogP contribution in [0.15, 0.2) is 24.3 Å². The van der Waals surface area contributed by atoms with Crippen LogP contribution in [-0.4, -0.2) is 17.9 Å². The number of nitrogens with one attached hydrogen (secondary N) is 1. The molecule has 0 fully saturated rings. The lowest BCUT2D eigenvalue weighted by atomic mass is 10.0. The molecule has 0 aliphatic heterocycles. The van der Waals surface area contributed by atoms with Gasteiger partial charge in [-0.2, -0.15) is 0 Å². The van der Waals surface area contributed by atoms with Crippen molar-refractivity contribution < 1.29 is 9.59 Å². The van der Waals surface area contributed by atoms with Crippen molar-refractivity contribution in [1.82, 2.24) is 5.32 Å². The Kier molecular flexibility index (Phi) is 4.85. The lowest BCUT2D eigenvalue weighted by Crippen LogP contribution is -2.43. The lowest BCUT2D eigenvalue weighted by Gasteiger charge is -2.18. The largest absolute Gasteiger partial charge is 0.370 e. The van der Waals surface area contributed by atoms with Crippen molar-refractivity contribution in [3.8, 4) is 0 Å². The first-order valence-corrected chi connectivity index (χ1v) is 5.81. The van der Waals surface area contributed by atoms with Crippen molar-refractivity contribution in [2.24, 2.45) is 11.5 Å². The van der Waals surface area contributed by atoms with Gasteiger partial charge in [-0.15, -0.1) is 0 Å². The zero-order chi connectivity index (χ0) is 13.7. The molecular weight excluding hydrogens is 230 g/mol. The van der Waals surface area contributed by atoms with Crippen molar-refractivity contribution in [2.45, 2.75) is 32.4 Å². The maximum Gasteiger partial charge on any atom is 0.237 e. The minimum atomic E-state index is -0.894. The van der Waals surface area contributed by atoms with Crippen LogP contribution < -0.4 is 16.8 Å². The summed E-state index contributed by atoms with van der Waals surface area (Å²) in [7, 11) is 0. The average molecular weight is 249 g/mol. The number of hydrogen-bond donors (Lipinski definition) is 3. The Hall–Kier alpha value is -1.88. The van der Waals surface area contributed by atoms with E-state index >= 15 is 0 Å².